The molecular weight excluding hydrogens is 435 g/mol. The van der Waals surface area contributed by atoms with E-state index in [-0.39, 0.29) is 24.2 Å². The quantitative estimate of drug-likeness (QED) is 0.518. The SMILES string of the molecule is C[C@@H]1CC[C@H](COc2ncccc2C(F)(F)F)CN1c1cnc2cnn(CC(F)F)c2n1. The number of fused-ring (bicyclic) bond motifs is 1. The number of alkyl halides is 5. The molecule has 1 saturated heterocycles. The van der Waals surface area contributed by atoms with Crippen LogP contribution in [-0.4, -0.2) is 50.4 Å². The van der Waals surface area contributed by atoms with E-state index in [1.165, 1.54) is 18.5 Å². The van der Waals surface area contributed by atoms with Gasteiger partial charge in [0.05, 0.1) is 19.0 Å². The van der Waals surface area contributed by atoms with Crippen LogP contribution >= 0.6 is 0 Å². The fourth-order valence-electron chi connectivity index (χ4n) is 3.80. The predicted octanol–water partition coefficient (Wildman–Crippen LogP) is 4.19. The van der Waals surface area contributed by atoms with Gasteiger partial charge in [-0.3, -0.25) is 0 Å². The summed E-state index contributed by atoms with van der Waals surface area (Å²) >= 11 is 0. The van der Waals surface area contributed by atoms with Gasteiger partial charge in [-0.15, -0.1) is 0 Å². The van der Waals surface area contributed by atoms with Gasteiger partial charge in [-0.25, -0.2) is 28.4 Å². The van der Waals surface area contributed by atoms with Crippen LogP contribution in [-0.2, 0) is 12.7 Å². The lowest BCUT2D eigenvalue weighted by Gasteiger charge is -2.38. The highest BCUT2D eigenvalue weighted by Gasteiger charge is 2.35. The van der Waals surface area contributed by atoms with E-state index >= 15 is 0 Å². The molecular formula is C20H21F5N6O. The molecule has 172 valence electrons. The van der Waals surface area contributed by atoms with Crippen molar-refractivity contribution in [3.05, 3.63) is 36.3 Å². The minimum absolute atomic E-state index is 0.0578. The van der Waals surface area contributed by atoms with E-state index in [4.69, 9.17) is 4.74 Å². The number of aromatic nitrogens is 5. The van der Waals surface area contributed by atoms with E-state index in [0.717, 1.165) is 23.6 Å². The molecule has 0 N–H and O–H groups in total. The molecule has 0 saturated carbocycles. The third-order valence-electron chi connectivity index (χ3n) is 5.45. The van der Waals surface area contributed by atoms with Crippen molar-refractivity contribution in [2.45, 2.75) is 45.0 Å². The van der Waals surface area contributed by atoms with E-state index in [2.05, 4.69) is 20.1 Å². The Kier molecular flexibility index (Phi) is 6.11. The molecule has 2 atom stereocenters. The molecule has 0 spiro atoms. The van der Waals surface area contributed by atoms with Crippen molar-refractivity contribution in [3.63, 3.8) is 0 Å². The van der Waals surface area contributed by atoms with Crippen molar-refractivity contribution in [3.8, 4) is 5.88 Å². The van der Waals surface area contributed by atoms with Crippen LogP contribution in [0.15, 0.2) is 30.7 Å². The fraction of sp³-hybridized carbons (Fsp3) is 0.500. The third kappa shape index (κ3) is 4.73. The molecule has 1 aliphatic rings. The molecule has 1 aliphatic heterocycles. The summed E-state index contributed by atoms with van der Waals surface area (Å²) in [5, 5.41) is 3.92. The van der Waals surface area contributed by atoms with E-state index < -0.39 is 30.6 Å². The van der Waals surface area contributed by atoms with Crippen LogP contribution in [0.2, 0.25) is 0 Å². The average Bonchev–Trinajstić information content (AvgIpc) is 3.14. The molecule has 32 heavy (non-hydrogen) atoms. The highest BCUT2D eigenvalue weighted by molar-refractivity contribution is 5.71. The summed E-state index contributed by atoms with van der Waals surface area (Å²) in [5.41, 5.74) is -0.241. The number of hydrogen-bond donors (Lipinski definition) is 0. The second kappa shape index (κ2) is 8.83. The smallest absolute Gasteiger partial charge is 0.421 e. The van der Waals surface area contributed by atoms with Crippen LogP contribution in [0.3, 0.4) is 0 Å². The van der Waals surface area contributed by atoms with E-state index in [1.807, 2.05) is 11.8 Å². The maximum absolute atomic E-state index is 13.2. The molecule has 12 heteroatoms. The minimum atomic E-state index is -4.55. The maximum atomic E-state index is 13.2. The molecule has 3 aromatic heterocycles. The average molecular weight is 456 g/mol. The highest BCUT2D eigenvalue weighted by atomic mass is 19.4. The number of hydrogen-bond acceptors (Lipinski definition) is 6. The molecule has 0 aliphatic carbocycles. The van der Waals surface area contributed by atoms with Gasteiger partial charge in [0.15, 0.2) is 5.65 Å². The number of nitrogens with zero attached hydrogens (tertiary/aromatic N) is 6. The summed E-state index contributed by atoms with van der Waals surface area (Å²) in [6.45, 7) is 1.94. The lowest BCUT2D eigenvalue weighted by molar-refractivity contribution is -0.139. The van der Waals surface area contributed by atoms with Crippen molar-refractivity contribution in [1.29, 1.82) is 0 Å². The lowest BCUT2D eigenvalue weighted by Crippen LogP contribution is -2.44. The van der Waals surface area contributed by atoms with Crippen LogP contribution in [0.5, 0.6) is 5.88 Å². The van der Waals surface area contributed by atoms with Gasteiger partial charge < -0.3 is 9.64 Å². The maximum Gasteiger partial charge on any atom is 0.421 e. The molecule has 4 rings (SSSR count). The highest BCUT2D eigenvalue weighted by Crippen LogP contribution is 2.35. The first-order valence-electron chi connectivity index (χ1n) is 10.1. The van der Waals surface area contributed by atoms with Crippen molar-refractivity contribution in [1.82, 2.24) is 24.7 Å². The predicted molar refractivity (Wildman–Crippen MR) is 106 cm³/mol. The topological polar surface area (TPSA) is 69.0 Å². The zero-order valence-electron chi connectivity index (χ0n) is 17.1. The van der Waals surface area contributed by atoms with E-state index in [0.29, 0.717) is 17.9 Å². The van der Waals surface area contributed by atoms with Crippen LogP contribution in [0.1, 0.15) is 25.3 Å². The number of halogens is 5. The molecule has 0 unspecified atom stereocenters. The van der Waals surface area contributed by atoms with Crippen LogP contribution < -0.4 is 9.64 Å². The zero-order chi connectivity index (χ0) is 22.9. The summed E-state index contributed by atoms with van der Waals surface area (Å²) < 4.78 is 71.7. The van der Waals surface area contributed by atoms with Gasteiger partial charge in [-0.1, -0.05) is 0 Å². The molecule has 7 nitrogen and oxygen atoms in total. The fourth-order valence-corrected chi connectivity index (χ4v) is 3.80. The number of ether oxygens (including phenoxy) is 1. The summed E-state index contributed by atoms with van der Waals surface area (Å²) in [6.07, 6.45) is -1.42. The summed E-state index contributed by atoms with van der Waals surface area (Å²) in [7, 11) is 0. The molecule has 0 bridgehead atoms. The van der Waals surface area contributed by atoms with Crippen molar-refractivity contribution in [2.24, 2.45) is 5.92 Å². The van der Waals surface area contributed by atoms with E-state index in [1.54, 1.807) is 6.20 Å². The summed E-state index contributed by atoms with van der Waals surface area (Å²) in [6, 6.07) is 2.24. The van der Waals surface area contributed by atoms with Gasteiger partial charge in [0, 0.05) is 24.7 Å². The van der Waals surface area contributed by atoms with Crippen LogP contribution in [0.4, 0.5) is 27.8 Å². The van der Waals surface area contributed by atoms with Gasteiger partial charge in [0.2, 0.25) is 5.88 Å². The van der Waals surface area contributed by atoms with Gasteiger partial charge in [-0.2, -0.15) is 18.3 Å². The van der Waals surface area contributed by atoms with Gasteiger partial charge in [0.1, 0.15) is 23.4 Å². The van der Waals surface area contributed by atoms with Gasteiger partial charge in [0.25, 0.3) is 6.43 Å². The lowest BCUT2D eigenvalue weighted by atomic mass is 9.94. The van der Waals surface area contributed by atoms with Crippen molar-refractivity contribution in [2.75, 3.05) is 18.1 Å². The van der Waals surface area contributed by atoms with Crippen LogP contribution in [0, 0.1) is 5.92 Å². The second-order valence-electron chi connectivity index (χ2n) is 7.76. The Hall–Kier alpha value is -3.05. The number of pyridine rings is 1. The number of anilines is 1. The Morgan fingerprint density at radius 1 is 1.19 bits per heavy atom. The number of piperidine rings is 1. The molecule has 1 fully saturated rings. The Bertz CT molecular complexity index is 1070. The molecule has 0 radical (unpaired) electrons. The largest absolute Gasteiger partial charge is 0.477 e. The van der Waals surface area contributed by atoms with Gasteiger partial charge in [-0.05, 0) is 31.9 Å². The Labute approximate surface area is 180 Å². The molecule has 0 aromatic carbocycles. The second-order valence-corrected chi connectivity index (χ2v) is 7.76. The first-order chi connectivity index (χ1) is 15.2. The van der Waals surface area contributed by atoms with Crippen molar-refractivity contribution >= 4 is 17.0 Å². The first kappa shape index (κ1) is 22.2. The Morgan fingerprint density at radius 3 is 2.75 bits per heavy atom. The summed E-state index contributed by atoms with van der Waals surface area (Å²) in [4.78, 5) is 14.5. The Morgan fingerprint density at radius 2 is 2.00 bits per heavy atom. The van der Waals surface area contributed by atoms with Gasteiger partial charge >= 0.3 is 6.18 Å². The minimum Gasteiger partial charge on any atom is -0.477 e. The van der Waals surface area contributed by atoms with Crippen LogP contribution in [0.25, 0.3) is 11.2 Å². The first-order valence-corrected chi connectivity index (χ1v) is 10.1. The zero-order valence-corrected chi connectivity index (χ0v) is 17.1. The molecule has 3 aromatic rings. The molecule has 4 heterocycles. The third-order valence-corrected chi connectivity index (χ3v) is 5.45. The number of rotatable bonds is 6. The normalized spacial score (nSPS) is 19.7. The van der Waals surface area contributed by atoms with E-state index in [9.17, 15) is 22.0 Å². The monoisotopic (exact) mass is 456 g/mol. The van der Waals surface area contributed by atoms with Crippen molar-refractivity contribution < 1.29 is 26.7 Å². The molecule has 0 amide bonds. The standard InChI is InChI=1S/C20H21F5N6O/c1-12-4-5-13(11-32-19-14(20(23,24)25)3-2-6-26-19)9-30(12)17-8-27-15-7-28-31(10-16(21)22)18(15)29-17/h2-3,6-8,12-13,16H,4-5,9-11H2,1H3/t12-,13+/m1/s1. The Balaban J connectivity index is 1.50. The summed E-state index contributed by atoms with van der Waals surface area (Å²) in [5.74, 6) is -0.0143.